The number of halogens is 1. The van der Waals surface area contributed by atoms with E-state index in [0.29, 0.717) is 13.1 Å². The summed E-state index contributed by atoms with van der Waals surface area (Å²) < 4.78 is 5.19. The molecule has 2 N–H and O–H groups in total. The van der Waals surface area contributed by atoms with E-state index in [2.05, 4.69) is 48.2 Å². The molecule has 0 unspecified atom stereocenters. The van der Waals surface area contributed by atoms with E-state index in [1.54, 1.807) is 7.05 Å². The van der Waals surface area contributed by atoms with Crippen LogP contribution in [0, 0.1) is 5.41 Å². The highest BCUT2D eigenvalue weighted by atomic mass is 127. The molecular formula is C16H33IN4O2. The van der Waals surface area contributed by atoms with Crippen LogP contribution in [0.25, 0.3) is 0 Å². The first-order valence-electron chi connectivity index (χ1n) is 7.86. The second-order valence-corrected chi connectivity index (χ2v) is 7.93. The van der Waals surface area contributed by atoms with E-state index >= 15 is 0 Å². The van der Waals surface area contributed by atoms with Crippen molar-refractivity contribution in [1.29, 1.82) is 0 Å². The fourth-order valence-corrected chi connectivity index (χ4v) is 2.35. The van der Waals surface area contributed by atoms with Crippen molar-refractivity contribution in [3.63, 3.8) is 0 Å². The van der Waals surface area contributed by atoms with Crippen LogP contribution in [0.5, 0.6) is 0 Å². The molecule has 1 rings (SSSR count). The Balaban J connectivity index is 0.00000484. The summed E-state index contributed by atoms with van der Waals surface area (Å²) in [5, 5.41) is 6.02. The lowest BCUT2D eigenvalue weighted by atomic mass is 9.65. The topological polar surface area (TPSA) is 66.0 Å². The van der Waals surface area contributed by atoms with Crippen molar-refractivity contribution in [2.45, 2.75) is 59.6 Å². The molecule has 0 radical (unpaired) electrons. The van der Waals surface area contributed by atoms with Gasteiger partial charge in [0.25, 0.3) is 0 Å². The minimum atomic E-state index is -0.471. The quantitative estimate of drug-likeness (QED) is 0.307. The van der Waals surface area contributed by atoms with Gasteiger partial charge in [0.2, 0.25) is 0 Å². The maximum atomic E-state index is 11.6. The molecule has 6 nitrogen and oxygen atoms in total. The number of rotatable bonds is 3. The molecule has 0 aliphatic carbocycles. The lowest BCUT2D eigenvalue weighted by Crippen LogP contribution is -2.72. The summed E-state index contributed by atoms with van der Waals surface area (Å²) in [6, 6.07) is 0. The first-order chi connectivity index (χ1) is 9.90. The van der Waals surface area contributed by atoms with Gasteiger partial charge >= 0.3 is 6.09 Å². The Labute approximate surface area is 157 Å². The highest BCUT2D eigenvalue weighted by Crippen LogP contribution is 2.46. The Bertz CT molecular complexity index is 442. The van der Waals surface area contributed by atoms with Crippen LogP contribution in [0.2, 0.25) is 0 Å². The fourth-order valence-electron chi connectivity index (χ4n) is 2.35. The summed E-state index contributed by atoms with van der Waals surface area (Å²) in [6.45, 7) is 16.6. The summed E-state index contributed by atoms with van der Waals surface area (Å²) in [4.78, 5) is 18.2. The second-order valence-electron chi connectivity index (χ2n) is 7.93. The molecule has 0 bridgehead atoms. The zero-order valence-corrected chi connectivity index (χ0v) is 18.1. The van der Waals surface area contributed by atoms with Gasteiger partial charge < -0.3 is 20.3 Å². The van der Waals surface area contributed by atoms with Crippen molar-refractivity contribution in [2.75, 3.05) is 26.7 Å². The summed E-state index contributed by atoms with van der Waals surface area (Å²) >= 11 is 0. The molecular weight excluding hydrogens is 407 g/mol. The van der Waals surface area contributed by atoms with E-state index in [1.165, 1.54) is 0 Å². The lowest BCUT2D eigenvalue weighted by molar-refractivity contribution is -0.0666. The molecule has 136 valence electrons. The molecule has 1 amide bonds. The Kier molecular flexibility index (Phi) is 7.64. The smallest absolute Gasteiger partial charge is 0.407 e. The van der Waals surface area contributed by atoms with E-state index in [-0.39, 0.29) is 34.9 Å². The van der Waals surface area contributed by atoms with Gasteiger partial charge in [-0.1, -0.05) is 13.8 Å². The van der Waals surface area contributed by atoms with Gasteiger partial charge in [0, 0.05) is 37.6 Å². The summed E-state index contributed by atoms with van der Waals surface area (Å²) in [5.74, 6) is 0.871. The van der Waals surface area contributed by atoms with Crippen molar-refractivity contribution in [2.24, 2.45) is 10.4 Å². The van der Waals surface area contributed by atoms with Crippen LogP contribution in [-0.2, 0) is 4.74 Å². The minimum absolute atomic E-state index is 0. The maximum Gasteiger partial charge on any atom is 0.407 e. The zero-order valence-electron chi connectivity index (χ0n) is 15.7. The average molecular weight is 440 g/mol. The number of aliphatic imine (C=N–C) groups is 1. The molecule has 0 aromatic rings. The number of hydrogen-bond donors (Lipinski definition) is 2. The largest absolute Gasteiger partial charge is 0.444 e. The zero-order chi connectivity index (χ0) is 17.2. The van der Waals surface area contributed by atoms with Gasteiger partial charge in [-0.05, 0) is 34.6 Å². The summed E-state index contributed by atoms with van der Waals surface area (Å²) in [6.07, 6.45) is -0.394. The van der Waals surface area contributed by atoms with E-state index in [9.17, 15) is 4.79 Å². The number of ether oxygens (including phenoxy) is 1. The first-order valence-corrected chi connectivity index (χ1v) is 7.86. The molecule has 23 heavy (non-hydrogen) atoms. The van der Waals surface area contributed by atoms with Gasteiger partial charge in [-0.2, -0.15) is 0 Å². The molecule has 1 aliphatic heterocycles. The van der Waals surface area contributed by atoms with Crippen LogP contribution >= 0.6 is 24.0 Å². The van der Waals surface area contributed by atoms with Crippen LogP contribution in [0.15, 0.2) is 4.99 Å². The third kappa shape index (κ3) is 5.69. The molecule has 0 aromatic carbocycles. The third-order valence-corrected chi connectivity index (χ3v) is 4.43. The highest BCUT2D eigenvalue weighted by Gasteiger charge is 2.53. The molecule has 1 saturated heterocycles. The van der Waals surface area contributed by atoms with Crippen LogP contribution in [0.1, 0.15) is 48.5 Å². The first kappa shape index (κ1) is 22.3. The van der Waals surface area contributed by atoms with Crippen molar-refractivity contribution in [3.8, 4) is 0 Å². The Morgan fingerprint density at radius 2 is 1.70 bits per heavy atom. The molecule has 0 atom stereocenters. The van der Waals surface area contributed by atoms with Gasteiger partial charge in [0.15, 0.2) is 5.96 Å². The number of hydrogen-bond acceptors (Lipinski definition) is 3. The summed E-state index contributed by atoms with van der Waals surface area (Å²) in [7, 11) is 1.78. The van der Waals surface area contributed by atoms with E-state index in [4.69, 9.17) is 4.74 Å². The predicted molar refractivity (Wildman–Crippen MR) is 106 cm³/mol. The Hall–Kier alpha value is -0.730. The van der Waals surface area contributed by atoms with Crippen LogP contribution in [-0.4, -0.2) is 54.8 Å². The molecule has 0 saturated carbocycles. The van der Waals surface area contributed by atoms with Crippen LogP contribution < -0.4 is 10.6 Å². The SMILES string of the molecule is CN=C(NCCNC(=O)OC(C)(C)C)N1CC(C)(C)C1(C)C.I. The number of alkyl carbamates (subject to hydrolysis) is 1. The van der Waals surface area contributed by atoms with Crippen molar-refractivity contribution < 1.29 is 9.53 Å². The molecule has 0 spiro atoms. The number of carbonyl (C=O) groups is 1. The fraction of sp³-hybridized carbons (Fsp3) is 0.875. The maximum absolute atomic E-state index is 11.6. The Morgan fingerprint density at radius 3 is 2.09 bits per heavy atom. The average Bonchev–Trinajstić information content (AvgIpc) is 2.35. The van der Waals surface area contributed by atoms with Gasteiger partial charge in [0.1, 0.15) is 5.60 Å². The molecule has 7 heteroatoms. The monoisotopic (exact) mass is 440 g/mol. The van der Waals surface area contributed by atoms with Gasteiger partial charge in [0.05, 0.1) is 0 Å². The Morgan fingerprint density at radius 1 is 1.17 bits per heavy atom. The van der Waals surface area contributed by atoms with Crippen molar-refractivity contribution >= 4 is 36.0 Å². The van der Waals surface area contributed by atoms with E-state index < -0.39 is 11.7 Å². The number of likely N-dealkylation sites (tertiary alicyclic amines) is 1. The highest BCUT2D eigenvalue weighted by molar-refractivity contribution is 14.0. The van der Waals surface area contributed by atoms with E-state index in [0.717, 1.165) is 12.5 Å². The third-order valence-electron chi connectivity index (χ3n) is 4.43. The van der Waals surface area contributed by atoms with Crippen LogP contribution in [0.3, 0.4) is 0 Å². The molecule has 1 heterocycles. The number of nitrogens with one attached hydrogen (secondary N) is 2. The van der Waals surface area contributed by atoms with Crippen LogP contribution in [0.4, 0.5) is 4.79 Å². The number of nitrogens with zero attached hydrogens (tertiary/aromatic N) is 2. The predicted octanol–water partition coefficient (Wildman–Crippen LogP) is 2.82. The lowest BCUT2D eigenvalue weighted by Gasteiger charge is -2.62. The second kappa shape index (κ2) is 7.90. The standard InChI is InChI=1S/C16H32N4O2.HI/c1-14(2,3)22-13(21)19-10-9-18-12(17-8)20-11-15(4,5)16(20,6)7;/h9-11H2,1-8H3,(H,17,18)(H,19,21);1H. The van der Waals surface area contributed by atoms with Gasteiger partial charge in [-0.25, -0.2) is 4.79 Å². The normalized spacial score (nSPS) is 19.3. The number of guanidine groups is 1. The van der Waals surface area contributed by atoms with E-state index in [1.807, 2.05) is 20.8 Å². The van der Waals surface area contributed by atoms with Gasteiger partial charge in [-0.15, -0.1) is 24.0 Å². The molecule has 1 aliphatic rings. The minimum Gasteiger partial charge on any atom is -0.444 e. The molecule has 0 aromatic heterocycles. The van der Waals surface area contributed by atoms with Crippen molar-refractivity contribution in [1.82, 2.24) is 15.5 Å². The summed E-state index contributed by atoms with van der Waals surface area (Å²) in [5.41, 5.74) is -0.145. The number of amides is 1. The molecule has 1 fully saturated rings. The number of carbonyl (C=O) groups excluding carboxylic acids is 1. The van der Waals surface area contributed by atoms with Crippen molar-refractivity contribution in [3.05, 3.63) is 0 Å². The van der Waals surface area contributed by atoms with Gasteiger partial charge in [-0.3, -0.25) is 4.99 Å².